The molecule has 10 nitrogen and oxygen atoms in total. The molecule has 2 N–H and O–H groups in total. The van der Waals surface area contributed by atoms with Crippen LogP contribution in [0, 0.1) is 11.9 Å². The van der Waals surface area contributed by atoms with E-state index in [0.29, 0.717) is 22.0 Å². The minimum atomic E-state index is -1.14. The Bertz CT molecular complexity index is 1610. The Morgan fingerprint density at radius 1 is 1.11 bits per heavy atom. The highest BCUT2D eigenvalue weighted by Crippen LogP contribution is 2.22. The smallest absolute Gasteiger partial charge is 0.335 e. The molecule has 12 heteroatoms. The van der Waals surface area contributed by atoms with Gasteiger partial charge in [-0.25, -0.2) is 19.1 Å². The summed E-state index contributed by atoms with van der Waals surface area (Å²) in [5.74, 6) is -2.33. The van der Waals surface area contributed by atoms with Crippen LogP contribution in [0.4, 0.5) is 10.1 Å². The molecule has 0 saturated heterocycles. The summed E-state index contributed by atoms with van der Waals surface area (Å²) in [5, 5.41) is 9.75. The fourth-order valence-corrected chi connectivity index (χ4v) is 3.47. The maximum atomic E-state index is 13.3. The highest BCUT2D eigenvalue weighted by Gasteiger charge is 2.17. The lowest BCUT2D eigenvalue weighted by atomic mass is 10.2. The third-order valence-corrected chi connectivity index (χ3v) is 5.55. The molecule has 0 amide bonds. The monoisotopic (exact) mass is 525 g/mol. The lowest BCUT2D eigenvalue weighted by Crippen LogP contribution is -2.51. The molecule has 0 bridgehead atoms. The molecule has 4 aromatic rings. The molecule has 37 heavy (non-hydrogen) atoms. The number of hydrogen-bond acceptors (Lipinski definition) is 6. The molecule has 0 aliphatic heterocycles. The first-order chi connectivity index (χ1) is 17.7. The molecule has 190 valence electrons. The van der Waals surface area contributed by atoms with Crippen LogP contribution in [-0.4, -0.2) is 30.2 Å². The van der Waals surface area contributed by atoms with Gasteiger partial charge in [0, 0.05) is 17.6 Å². The number of carbonyl (C=O) groups is 1. The second-order valence-corrected chi connectivity index (χ2v) is 8.54. The number of benzene rings is 2. The Morgan fingerprint density at radius 3 is 2.46 bits per heavy atom. The van der Waals surface area contributed by atoms with E-state index in [2.05, 4.69) is 15.0 Å². The molecule has 0 spiro atoms. The summed E-state index contributed by atoms with van der Waals surface area (Å²) >= 11 is 5.96. The largest absolute Gasteiger partial charge is 0.481 e. The molecule has 0 radical (unpaired) electrons. The summed E-state index contributed by atoms with van der Waals surface area (Å²) in [6, 6.07) is 17.3. The number of ether oxygens (including phenoxy) is 1. The van der Waals surface area contributed by atoms with Gasteiger partial charge in [0.25, 0.3) is 0 Å². The number of aromatic nitrogens is 4. The van der Waals surface area contributed by atoms with E-state index >= 15 is 0 Å². The third-order valence-electron chi connectivity index (χ3n) is 5.30. The summed E-state index contributed by atoms with van der Waals surface area (Å²) in [7, 11) is 0. The van der Waals surface area contributed by atoms with Crippen LogP contribution in [0.2, 0.25) is 5.02 Å². The molecule has 0 fully saturated rings. The molecule has 0 unspecified atom stereocenters. The normalized spacial score (nSPS) is 12.4. The van der Waals surface area contributed by atoms with Gasteiger partial charge in [0.2, 0.25) is 17.4 Å². The Kier molecular flexibility index (Phi) is 7.63. The minimum Gasteiger partial charge on any atom is -0.481 e. The number of rotatable bonds is 8. The van der Waals surface area contributed by atoms with Gasteiger partial charge in [-0.05, 0) is 48.0 Å². The quantitative estimate of drug-likeness (QED) is 0.339. The molecule has 0 aliphatic carbocycles. The van der Waals surface area contributed by atoms with Gasteiger partial charge in [-0.15, -0.1) is 0 Å². The van der Waals surface area contributed by atoms with Crippen LogP contribution in [0.25, 0.3) is 0 Å². The van der Waals surface area contributed by atoms with Gasteiger partial charge in [-0.3, -0.25) is 14.3 Å². The molecule has 2 heterocycles. The van der Waals surface area contributed by atoms with Gasteiger partial charge in [-0.1, -0.05) is 36.7 Å². The number of nitrogens with one attached hydrogen (secondary N) is 1. The van der Waals surface area contributed by atoms with E-state index in [1.54, 1.807) is 48.5 Å². The molecule has 1 atom stereocenters. The highest BCUT2D eigenvalue weighted by atomic mass is 35.5. The van der Waals surface area contributed by atoms with E-state index in [0.717, 1.165) is 4.57 Å². The van der Waals surface area contributed by atoms with Crippen LogP contribution in [-0.2, 0) is 17.9 Å². The molecular weight excluding hydrogens is 505 g/mol. The average molecular weight is 526 g/mol. The SMILES string of the molecule is C[C@@H](Cn1c(=O)[nH]/c(=N\c2ccc(Oc3cccc(F)n3)cc2)n(Cc2ccc(Cl)cc2)c1=O)C(=O)O. The maximum Gasteiger partial charge on any atom is 0.335 e. The standard InChI is InChI=1S/C25H21ClFN5O5/c1-15(22(33)34)13-32-24(35)30-23(31(25(32)36)14-16-5-7-17(26)8-6-16)28-18-9-11-19(12-10-18)37-21-4-2-3-20(27)29-21/h2-12,15H,13-14H2,1H3,(H,33,34)(H,28,30,35)/t15-/m0/s1. The molecular formula is C25H21ClFN5O5. The van der Waals surface area contributed by atoms with Crippen molar-refractivity contribution in [2.75, 3.05) is 0 Å². The van der Waals surface area contributed by atoms with Crippen molar-refractivity contribution in [3.63, 3.8) is 0 Å². The summed E-state index contributed by atoms with van der Waals surface area (Å²) < 4.78 is 20.9. The number of aromatic amines is 1. The predicted octanol–water partition coefficient (Wildman–Crippen LogP) is 3.32. The van der Waals surface area contributed by atoms with Gasteiger partial charge in [0.05, 0.1) is 18.2 Å². The lowest BCUT2D eigenvalue weighted by Gasteiger charge is -2.13. The van der Waals surface area contributed by atoms with E-state index < -0.39 is 29.2 Å². The zero-order chi connectivity index (χ0) is 26.5. The Labute approximate surface area is 213 Å². The van der Waals surface area contributed by atoms with Gasteiger partial charge in [-0.2, -0.15) is 9.37 Å². The molecule has 0 saturated carbocycles. The van der Waals surface area contributed by atoms with Gasteiger partial charge >= 0.3 is 17.3 Å². The van der Waals surface area contributed by atoms with E-state index in [4.69, 9.17) is 16.3 Å². The zero-order valence-corrected chi connectivity index (χ0v) is 20.2. The number of carboxylic acid groups (broad SMARTS) is 1. The second kappa shape index (κ2) is 11.0. The second-order valence-electron chi connectivity index (χ2n) is 8.11. The van der Waals surface area contributed by atoms with E-state index in [1.807, 2.05) is 0 Å². The number of pyridine rings is 1. The topological polar surface area (TPSA) is 132 Å². The van der Waals surface area contributed by atoms with Gasteiger partial charge in [0.15, 0.2) is 0 Å². The van der Waals surface area contributed by atoms with E-state index in [-0.39, 0.29) is 24.6 Å². The number of aliphatic carboxylic acids is 1. The zero-order valence-electron chi connectivity index (χ0n) is 19.5. The molecule has 4 rings (SSSR count). The van der Waals surface area contributed by atoms with Crippen LogP contribution in [0.1, 0.15) is 12.5 Å². The van der Waals surface area contributed by atoms with Crippen LogP contribution in [0.5, 0.6) is 11.6 Å². The van der Waals surface area contributed by atoms with Crippen LogP contribution < -0.4 is 21.7 Å². The first kappa shape index (κ1) is 25.6. The fourth-order valence-electron chi connectivity index (χ4n) is 3.35. The summed E-state index contributed by atoms with van der Waals surface area (Å²) in [6.45, 7) is 1.13. The first-order valence-electron chi connectivity index (χ1n) is 11.1. The first-order valence-corrected chi connectivity index (χ1v) is 11.4. The van der Waals surface area contributed by atoms with E-state index in [9.17, 15) is 23.9 Å². The van der Waals surface area contributed by atoms with E-state index in [1.165, 1.54) is 29.7 Å². The van der Waals surface area contributed by atoms with Gasteiger partial charge in [0.1, 0.15) is 5.75 Å². The average Bonchev–Trinajstić information content (AvgIpc) is 2.86. The molecule has 0 aliphatic rings. The van der Waals surface area contributed by atoms with Crippen molar-refractivity contribution in [3.8, 4) is 11.6 Å². The summed E-state index contributed by atoms with van der Waals surface area (Å²) in [4.78, 5) is 47.9. The molecule has 2 aromatic carbocycles. The summed E-state index contributed by atoms with van der Waals surface area (Å²) in [6.07, 6.45) is 0. The van der Waals surface area contributed by atoms with Crippen molar-refractivity contribution in [2.45, 2.75) is 20.0 Å². The summed E-state index contributed by atoms with van der Waals surface area (Å²) in [5.41, 5.74) is -0.455. The van der Waals surface area contributed by atoms with Crippen molar-refractivity contribution in [1.29, 1.82) is 0 Å². The number of H-pyrrole nitrogens is 1. The van der Waals surface area contributed by atoms with Crippen LogP contribution in [0.15, 0.2) is 81.3 Å². The van der Waals surface area contributed by atoms with Crippen molar-refractivity contribution < 1.29 is 19.0 Å². The predicted molar refractivity (Wildman–Crippen MR) is 133 cm³/mol. The maximum absolute atomic E-state index is 13.3. The minimum absolute atomic E-state index is 0.0374. The van der Waals surface area contributed by atoms with Gasteiger partial charge < -0.3 is 9.84 Å². The fraction of sp³-hybridized carbons (Fsp3) is 0.160. The van der Waals surface area contributed by atoms with Crippen LogP contribution >= 0.6 is 11.6 Å². The van der Waals surface area contributed by atoms with Crippen molar-refractivity contribution in [3.05, 3.63) is 110 Å². The highest BCUT2D eigenvalue weighted by molar-refractivity contribution is 6.30. The number of carboxylic acids is 1. The number of nitrogens with zero attached hydrogens (tertiary/aromatic N) is 4. The Balaban J connectivity index is 1.74. The number of halogens is 2. The van der Waals surface area contributed by atoms with Crippen molar-refractivity contribution in [2.24, 2.45) is 10.9 Å². The van der Waals surface area contributed by atoms with Crippen molar-refractivity contribution >= 4 is 23.3 Å². The van der Waals surface area contributed by atoms with Crippen LogP contribution in [0.3, 0.4) is 0 Å². The number of hydrogen-bond donors (Lipinski definition) is 2. The molecule has 2 aromatic heterocycles. The Hall–Kier alpha value is -4.51. The van der Waals surface area contributed by atoms with Crippen molar-refractivity contribution in [1.82, 2.24) is 19.1 Å². The lowest BCUT2D eigenvalue weighted by molar-refractivity contribution is -0.141. The Morgan fingerprint density at radius 2 is 1.81 bits per heavy atom. The third kappa shape index (κ3) is 6.39.